The van der Waals surface area contributed by atoms with Gasteiger partial charge < -0.3 is 10.2 Å². The lowest BCUT2D eigenvalue weighted by atomic mass is 10.1. The first-order valence-corrected chi connectivity index (χ1v) is 8.61. The molecule has 0 aliphatic rings. The van der Waals surface area contributed by atoms with Crippen LogP contribution < -0.4 is 10.2 Å². The predicted octanol–water partition coefficient (Wildman–Crippen LogP) is 4.50. The average molecular weight is 346 g/mol. The largest absolute Gasteiger partial charge is 0.322 e. The van der Waals surface area contributed by atoms with Crippen molar-refractivity contribution in [3.05, 3.63) is 77.6 Å². The van der Waals surface area contributed by atoms with Crippen LogP contribution in [0.15, 0.2) is 60.9 Å². The van der Waals surface area contributed by atoms with Crippen LogP contribution in [0, 0.1) is 13.8 Å². The van der Waals surface area contributed by atoms with Gasteiger partial charge in [-0.25, -0.2) is 9.97 Å². The van der Waals surface area contributed by atoms with Crippen molar-refractivity contribution in [3.63, 3.8) is 0 Å². The van der Waals surface area contributed by atoms with Crippen molar-refractivity contribution in [1.82, 2.24) is 9.97 Å². The molecule has 5 heteroatoms. The summed E-state index contributed by atoms with van der Waals surface area (Å²) < 4.78 is 0. The summed E-state index contributed by atoms with van der Waals surface area (Å²) in [7, 11) is 0. The lowest BCUT2D eigenvalue weighted by molar-refractivity contribution is 0.102. The van der Waals surface area contributed by atoms with Crippen LogP contribution >= 0.6 is 0 Å². The molecule has 0 saturated carbocycles. The Bertz CT molecular complexity index is 892. The molecule has 0 bridgehead atoms. The van der Waals surface area contributed by atoms with Crippen LogP contribution in [0.1, 0.15) is 28.4 Å². The highest BCUT2D eigenvalue weighted by Gasteiger charge is 2.12. The van der Waals surface area contributed by atoms with Crippen molar-refractivity contribution < 1.29 is 4.79 Å². The van der Waals surface area contributed by atoms with Crippen LogP contribution in [-0.2, 0) is 0 Å². The number of para-hydroxylation sites is 1. The van der Waals surface area contributed by atoms with Gasteiger partial charge in [0.05, 0.1) is 5.56 Å². The molecule has 0 aliphatic carbocycles. The smallest absolute Gasteiger partial charge is 0.258 e. The zero-order chi connectivity index (χ0) is 18.5. The first-order valence-electron chi connectivity index (χ1n) is 8.61. The van der Waals surface area contributed by atoms with Crippen molar-refractivity contribution in [2.45, 2.75) is 20.8 Å². The molecule has 3 aromatic rings. The maximum atomic E-state index is 12.4. The van der Waals surface area contributed by atoms with E-state index in [1.54, 1.807) is 12.4 Å². The molecule has 2 aromatic carbocycles. The molecule has 0 aliphatic heterocycles. The monoisotopic (exact) mass is 346 g/mol. The Balaban J connectivity index is 1.76. The second-order valence-electron chi connectivity index (χ2n) is 6.10. The number of nitrogens with one attached hydrogen (secondary N) is 1. The molecule has 0 fully saturated rings. The molecule has 0 atom stereocenters. The van der Waals surface area contributed by atoms with E-state index in [-0.39, 0.29) is 5.91 Å². The normalized spacial score (nSPS) is 10.4. The Kier molecular flexibility index (Phi) is 5.27. The number of hydrogen-bond acceptors (Lipinski definition) is 4. The number of nitrogens with zero attached hydrogens (tertiary/aromatic N) is 3. The second kappa shape index (κ2) is 7.78. The fraction of sp³-hybridized carbons (Fsp3) is 0.190. The first kappa shape index (κ1) is 17.6. The van der Waals surface area contributed by atoms with Gasteiger partial charge in [0.25, 0.3) is 5.91 Å². The van der Waals surface area contributed by atoms with Crippen molar-refractivity contribution in [1.29, 1.82) is 0 Å². The van der Waals surface area contributed by atoms with Gasteiger partial charge >= 0.3 is 0 Å². The Labute approximate surface area is 153 Å². The van der Waals surface area contributed by atoms with Crippen LogP contribution in [0.5, 0.6) is 0 Å². The van der Waals surface area contributed by atoms with E-state index in [2.05, 4.69) is 15.3 Å². The van der Waals surface area contributed by atoms with Crippen LogP contribution in [0.25, 0.3) is 0 Å². The van der Waals surface area contributed by atoms with Gasteiger partial charge in [-0.15, -0.1) is 0 Å². The third kappa shape index (κ3) is 3.88. The SMILES string of the molecule is CCN(c1ccccc1)c1ncc(C(=O)Nc2ccc(C)c(C)c2)cn1. The third-order valence-corrected chi connectivity index (χ3v) is 4.29. The molecule has 0 saturated heterocycles. The van der Waals surface area contributed by atoms with Crippen molar-refractivity contribution in [2.75, 3.05) is 16.8 Å². The minimum absolute atomic E-state index is 0.220. The number of carbonyl (C=O) groups excluding carboxylic acids is 1. The molecule has 1 amide bonds. The highest BCUT2D eigenvalue weighted by Crippen LogP contribution is 2.21. The standard InChI is InChI=1S/C21H22N4O/c1-4-25(19-8-6-5-7-9-19)21-22-13-17(14-23-21)20(26)24-18-11-10-15(2)16(3)12-18/h5-14H,4H2,1-3H3,(H,24,26). The van der Waals surface area contributed by atoms with Crippen LogP contribution in [0.4, 0.5) is 17.3 Å². The molecule has 0 unspecified atom stereocenters. The summed E-state index contributed by atoms with van der Waals surface area (Å²) in [5.74, 6) is 0.351. The van der Waals surface area contributed by atoms with Gasteiger partial charge in [-0.3, -0.25) is 4.79 Å². The second-order valence-corrected chi connectivity index (χ2v) is 6.10. The number of benzene rings is 2. The third-order valence-electron chi connectivity index (χ3n) is 4.29. The van der Waals surface area contributed by atoms with E-state index in [1.807, 2.05) is 74.2 Å². The number of hydrogen-bond donors (Lipinski definition) is 1. The van der Waals surface area contributed by atoms with E-state index in [4.69, 9.17) is 0 Å². The van der Waals surface area contributed by atoms with E-state index in [0.29, 0.717) is 11.5 Å². The van der Waals surface area contributed by atoms with E-state index in [9.17, 15) is 4.79 Å². The average Bonchev–Trinajstić information content (AvgIpc) is 2.67. The summed E-state index contributed by atoms with van der Waals surface area (Å²) in [5.41, 5.74) is 4.53. The molecular formula is C21H22N4O. The van der Waals surface area contributed by atoms with Crippen molar-refractivity contribution in [2.24, 2.45) is 0 Å². The van der Waals surface area contributed by atoms with E-state index < -0.39 is 0 Å². The molecule has 132 valence electrons. The quantitative estimate of drug-likeness (QED) is 0.739. The fourth-order valence-electron chi connectivity index (χ4n) is 2.65. The summed E-state index contributed by atoms with van der Waals surface area (Å²) in [4.78, 5) is 23.2. The number of amides is 1. The van der Waals surface area contributed by atoms with Gasteiger partial charge in [0.2, 0.25) is 5.95 Å². The summed E-state index contributed by atoms with van der Waals surface area (Å²) in [5, 5.41) is 2.89. The van der Waals surface area contributed by atoms with Gasteiger partial charge in [-0.05, 0) is 56.2 Å². The molecular weight excluding hydrogens is 324 g/mol. The van der Waals surface area contributed by atoms with Gasteiger partial charge in [0.15, 0.2) is 0 Å². The Morgan fingerprint density at radius 2 is 1.69 bits per heavy atom. The Morgan fingerprint density at radius 1 is 1.00 bits per heavy atom. The van der Waals surface area contributed by atoms with Gasteiger partial charge in [-0.2, -0.15) is 0 Å². The van der Waals surface area contributed by atoms with Crippen LogP contribution in [0.3, 0.4) is 0 Å². The van der Waals surface area contributed by atoms with E-state index >= 15 is 0 Å². The van der Waals surface area contributed by atoms with Gasteiger partial charge in [0.1, 0.15) is 0 Å². The molecule has 3 rings (SSSR count). The molecule has 5 nitrogen and oxygen atoms in total. The van der Waals surface area contributed by atoms with Crippen molar-refractivity contribution in [3.8, 4) is 0 Å². The zero-order valence-electron chi connectivity index (χ0n) is 15.2. The lowest BCUT2D eigenvalue weighted by Gasteiger charge is -2.20. The Hall–Kier alpha value is -3.21. The Morgan fingerprint density at radius 3 is 2.31 bits per heavy atom. The number of anilines is 3. The van der Waals surface area contributed by atoms with Gasteiger partial charge in [0, 0.05) is 30.3 Å². The highest BCUT2D eigenvalue weighted by molar-refractivity contribution is 6.04. The van der Waals surface area contributed by atoms with Crippen LogP contribution in [0.2, 0.25) is 0 Å². The van der Waals surface area contributed by atoms with Crippen LogP contribution in [-0.4, -0.2) is 22.4 Å². The van der Waals surface area contributed by atoms with E-state index in [1.165, 1.54) is 5.56 Å². The topological polar surface area (TPSA) is 58.1 Å². The summed E-state index contributed by atoms with van der Waals surface area (Å²) in [6.07, 6.45) is 3.12. The number of aryl methyl sites for hydroxylation is 2. The fourth-order valence-corrected chi connectivity index (χ4v) is 2.65. The van der Waals surface area contributed by atoms with Crippen molar-refractivity contribution >= 4 is 23.2 Å². The summed E-state index contributed by atoms with van der Waals surface area (Å²) >= 11 is 0. The first-order chi connectivity index (χ1) is 12.6. The lowest BCUT2D eigenvalue weighted by Crippen LogP contribution is -2.20. The minimum Gasteiger partial charge on any atom is -0.322 e. The minimum atomic E-state index is -0.220. The number of carbonyl (C=O) groups is 1. The summed E-state index contributed by atoms with van der Waals surface area (Å²) in [6.45, 7) is 6.83. The molecule has 0 radical (unpaired) electrons. The molecule has 1 N–H and O–H groups in total. The van der Waals surface area contributed by atoms with E-state index in [0.717, 1.165) is 23.5 Å². The van der Waals surface area contributed by atoms with Gasteiger partial charge in [-0.1, -0.05) is 24.3 Å². The molecule has 0 spiro atoms. The molecule has 1 heterocycles. The molecule has 1 aromatic heterocycles. The maximum Gasteiger partial charge on any atom is 0.258 e. The highest BCUT2D eigenvalue weighted by atomic mass is 16.1. The number of rotatable bonds is 5. The summed E-state index contributed by atoms with van der Waals surface area (Å²) in [6, 6.07) is 15.8. The number of aromatic nitrogens is 2. The predicted molar refractivity (Wildman–Crippen MR) is 105 cm³/mol. The zero-order valence-corrected chi connectivity index (χ0v) is 15.2. The molecule has 26 heavy (non-hydrogen) atoms. The maximum absolute atomic E-state index is 12.4.